The lowest BCUT2D eigenvalue weighted by Gasteiger charge is -2.31. The SMILES string of the molecule is COc1ccc(C(=O)N2CCCC(c3nnc(-c4ccccc4F)s3)C2)cc1. The molecule has 1 aromatic heterocycles. The van der Waals surface area contributed by atoms with E-state index < -0.39 is 0 Å². The van der Waals surface area contributed by atoms with Crippen LogP contribution in [0.5, 0.6) is 5.75 Å². The van der Waals surface area contributed by atoms with Crippen molar-refractivity contribution in [3.63, 3.8) is 0 Å². The molecular weight excluding hydrogens is 377 g/mol. The number of ether oxygens (including phenoxy) is 1. The standard InChI is InChI=1S/C21H20FN3O2S/c1-27-16-10-8-14(9-11-16)21(26)25-12-4-5-15(13-25)19-23-24-20(28-19)17-6-2-3-7-18(17)22/h2-3,6-11,15H,4-5,12-13H2,1H3. The zero-order chi connectivity index (χ0) is 19.5. The normalized spacial score (nSPS) is 16.8. The van der Waals surface area contributed by atoms with Crippen LogP contribution in [0.1, 0.15) is 34.1 Å². The Kier molecular flexibility index (Phi) is 5.34. The first-order chi connectivity index (χ1) is 13.7. The molecule has 28 heavy (non-hydrogen) atoms. The number of likely N-dealkylation sites (tertiary alicyclic amines) is 1. The molecule has 2 aromatic carbocycles. The summed E-state index contributed by atoms with van der Waals surface area (Å²) in [5.74, 6) is 0.549. The number of piperidine rings is 1. The summed E-state index contributed by atoms with van der Waals surface area (Å²) in [7, 11) is 1.60. The molecule has 1 aliphatic rings. The molecule has 1 amide bonds. The lowest BCUT2D eigenvalue weighted by atomic mass is 9.98. The molecule has 3 aromatic rings. The minimum atomic E-state index is -0.301. The Morgan fingerprint density at radius 1 is 1.18 bits per heavy atom. The molecule has 0 spiro atoms. The van der Waals surface area contributed by atoms with Crippen LogP contribution in [0.2, 0.25) is 0 Å². The number of nitrogens with zero attached hydrogens (tertiary/aromatic N) is 3. The van der Waals surface area contributed by atoms with Crippen LogP contribution in [0.25, 0.3) is 10.6 Å². The molecule has 0 aliphatic carbocycles. The fourth-order valence-corrected chi connectivity index (χ4v) is 4.42. The van der Waals surface area contributed by atoms with Gasteiger partial charge in [-0.25, -0.2) is 4.39 Å². The first-order valence-electron chi connectivity index (χ1n) is 9.17. The molecule has 5 nitrogen and oxygen atoms in total. The number of carbonyl (C=O) groups excluding carboxylic acids is 1. The van der Waals surface area contributed by atoms with E-state index in [0.29, 0.717) is 22.7 Å². The lowest BCUT2D eigenvalue weighted by Crippen LogP contribution is -2.39. The molecular formula is C21H20FN3O2S. The third-order valence-electron chi connectivity index (χ3n) is 4.94. The van der Waals surface area contributed by atoms with E-state index in [1.54, 1.807) is 49.6 Å². The Hall–Kier alpha value is -2.80. The first-order valence-corrected chi connectivity index (χ1v) is 9.99. The number of carbonyl (C=O) groups is 1. The average Bonchev–Trinajstić information content (AvgIpc) is 3.24. The fourth-order valence-electron chi connectivity index (χ4n) is 3.42. The highest BCUT2D eigenvalue weighted by Crippen LogP contribution is 2.33. The minimum absolute atomic E-state index is 0.00574. The second kappa shape index (κ2) is 8.06. The van der Waals surface area contributed by atoms with Gasteiger partial charge in [0.2, 0.25) is 0 Å². The molecule has 144 valence electrons. The molecule has 1 aliphatic heterocycles. The second-order valence-electron chi connectivity index (χ2n) is 6.74. The van der Waals surface area contributed by atoms with Crippen LogP contribution >= 0.6 is 11.3 Å². The van der Waals surface area contributed by atoms with E-state index in [9.17, 15) is 9.18 Å². The van der Waals surface area contributed by atoms with Gasteiger partial charge < -0.3 is 9.64 Å². The number of rotatable bonds is 4. The van der Waals surface area contributed by atoms with Gasteiger partial charge in [0.1, 0.15) is 16.6 Å². The summed E-state index contributed by atoms with van der Waals surface area (Å²) >= 11 is 1.40. The molecule has 0 radical (unpaired) electrons. The molecule has 0 bridgehead atoms. The fraction of sp³-hybridized carbons (Fsp3) is 0.286. The van der Waals surface area contributed by atoms with Gasteiger partial charge in [0.15, 0.2) is 5.01 Å². The third-order valence-corrected chi connectivity index (χ3v) is 6.06. The van der Waals surface area contributed by atoms with E-state index in [1.807, 2.05) is 4.90 Å². The van der Waals surface area contributed by atoms with Crippen molar-refractivity contribution >= 4 is 17.2 Å². The maximum atomic E-state index is 14.0. The molecule has 0 N–H and O–H groups in total. The highest BCUT2D eigenvalue weighted by Gasteiger charge is 2.28. The number of benzene rings is 2. The zero-order valence-corrected chi connectivity index (χ0v) is 16.3. The lowest BCUT2D eigenvalue weighted by molar-refractivity contribution is 0.0707. The summed E-state index contributed by atoms with van der Waals surface area (Å²) < 4.78 is 19.2. The quantitative estimate of drug-likeness (QED) is 0.656. The third kappa shape index (κ3) is 3.75. The highest BCUT2D eigenvalue weighted by atomic mass is 32.1. The molecule has 1 atom stereocenters. The number of aromatic nitrogens is 2. The number of methoxy groups -OCH3 is 1. The summed E-state index contributed by atoms with van der Waals surface area (Å²) in [4.78, 5) is 14.7. The number of hydrogen-bond donors (Lipinski definition) is 0. The smallest absolute Gasteiger partial charge is 0.253 e. The van der Waals surface area contributed by atoms with Crippen LogP contribution < -0.4 is 4.74 Å². The van der Waals surface area contributed by atoms with Crippen LogP contribution in [0.3, 0.4) is 0 Å². The van der Waals surface area contributed by atoms with Crippen molar-refractivity contribution in [3.05, 3.63) is 64.9 Å². The molecule has 4 rings (SSSR count). The molecule has 2 heterocycles. The topological polar surface area (TPSA) is 55.3 Å². The zero-order valence-electron chi connectivity index (χ0n) is 15.5. The van der Waals surface area contributed by atoms with Gasteiger partial charge in [-0.2, -0.15) is 0 Å². The van der Waals surface area contributed by atoms with Gasteiger partial charge in [0, 0.05) is 30.1 Å². The Morgan fingerprint density at radius 2 is 1.96 bits per heavy atom. The van der Waals surface area contributed by atoms with Gasteiger partial charge in [-0.15, -0.1) is 10.2 Å². The predicted molar refractivity (Wildman–Crippen MR) is 106 cm³/mol. The summed E-state index contributed by atoms with van der Waals surface area (Å²) in [6.45, 7) is 1.32. The van der Waals surface area contributed by atoms with Crippen molar-refractivity contribution in [1.29, 1.82) is 0 Å². The monoisotopic (exact) mass is 397 g/mol. The highest BCUT2D eigenvalue weighted by molar-refractivity contribution is 7.14. The van der Waals surface area contributed by atoms with Crippen LogP contribution in [0.15, 0.2) is 48.5 Å². The van der Waals surface area contributed by atoms with Gasteiger partial charge in [0.05, 0.1) is 7.11 Å². The Morgan fingerprint density at radius 3 is 2.71 bits per heavy atom. The van der Waals surface area contributed by atoms with Crippen molar-refractivity contribution in [1.82, 2.24) is 15.1 Å². The molecule has 1 fully saturated rings. The maximum Gasteiger partial charge on any atom is 0.253 e. The Bertz CT molecular complexity index is 974. The Labute approximate surface area is 166 Å². The van der Waals surface area contributed by atoms with E-state index in [2.05, 4.69) is 10.2 Å². The van der Waals surface area contributed by atoms with Crippen molar-refractivity contribution in [2.45, 2.75) is 18.8 Å². The summed E-state index contributed by atoms with van der Waals surface area (Å²) in [5, 5.41) is 9.90. The van der Waals surface area contributed by atoms with Crippen LogP contribution in [0, 0.1) is 5.82 Å². The van der Waals surface area contributed by atoms with Crippen molar-refractivity contribution in [2.75, 3.05) is 20.2 Å². The second-order valence-corrected chi connectivity index (χ2v) is 7.75. The van der Waals surface area contributed by atoms with E-state index in [-0.39, 0.29) is 17.6 Å². The van der Waals surface area contributed by atoms with E-state index in [0.717, 1.165) is 30.1 Å². The predicted octanol–water partition coefficient (Wildman–Crippen LogP) is 4.37. The van der Waals surface area contributed by atoms with Crippen molar-refractivity contribution < 1.29 is 13.9 Å². The number of halogens is 1. The minimum Gasteiger partial charge on any atom is -0.497 e. The molecule has 1 unspecified atom stereocenters. The van der Waals surface area contributed by atoms with Gasteiger partial charge in [0.25, 0.3) is 5.91 Å². The first kappa shape index (κ1) is 18.6. The van der Waals surface area contributed by atoms with Gasteiger partial charge in [-0.3, -0.25) is 4.79 Å². The summed E-state index contributed by atoms with van der Waals surface area (Å²) in [6, 6.07) is 13.7. The van der Waals surface area contributed by atoms with E-state index in [1.165, 1.54) is 17.4 Å². The summed E-state index contributed by atoms with van der Waals surface area (Å²) in [6.07, 6.45) is 1.85. The van der Waals surface area contributed by atoms with Crippen LogP contribution in [0.4, 0.5) is 4.39 Å². The average molecular weight is 397 g/mol. The van der Waals surface area contributed by atoms with Crippen LogP contribution in [-0.4, -0.2) is 41.2 Å². The molecule has 1 saturated heterocycles. The van der Waals surface area contributed by atoms with Crippen molar-refractivity contribution in [2.24, 2.45) is 0 Å². The Balaban J connectivity index is 1.49. The van der Waals surface area contributed by atoms with Crippen molar-refractivity contribution in [3.8, 4) is 16.3 Å². The van der Waals surface area contributed by atoms with Gasteiger partial charge in [-0.05, 0) is 49.2 Å². The largest absolute Gasteiger partial charge is 0.497 e. The molecule has 7 heteroatoms. The van der Waals surface area contributed by atoms with Gasteiger partial charge >= 0.3 is 0 Å². The summed E-state index contributed by atoms with van der Waals surface area (Å²) in [5.41, 5.74) is 1.11. The van der Waals surface area contributed by atoms with Crippen LogP contribution in [-0.2, 0) is 0 Å². The maximum absolute atomic E-state index is 14.0. The van der Waals surface area contributed by atoms with E-state index in [4.69, 9.17) is 4.74 Å². The van der Waals surface area contributed by atoms with E-state index >= 15 is 0 Å². The van der Waals surface area contributed by atoms with Gasteiger partial charge in [-0.1, -0.05) is 23.5 Å². The number of hydrogen-bond acceptors (Lipinski definition) is 5. The molecule has 0 saturated carbocycles. The number of amides is 1.